The molecule has 0 atom stereocenters. The molecule has 0 aliphatic rings. The van der Waals surface area contributed by atoms with Crippen LogP contribution in [-0.2, 0) is 13.5 Å². The maximum atomic E-state index is 12.8. The number of nitrogens with zero attached hydrogens (tertiary/aromatic N) is 3. The van der Waals surface area contributed by atoms with Gasteiger partial charge in [-0.3, -0.25) is 14.3 Å². The van der Waals surface area contributed by atoms with Gasteiger partial charge in [0.25, 0.3) is 11.5 Å². The zero-order valence-electron chi connectivity index (χ0n) is 14.7. The molecule has 0 aliphatic carbocycles. The van der Waals surface area contributed by atoms with E-state index >= 15 is 0 Å². The van der Waals surface area contributed by atoms with Crippen LogP contribution in [0.1, 0.15) is 34.4 Å². The summed E-state index contributed by atoms with van der Waals surface area (Å²) >= 11 is 0. The molecule has 25 heavy (non-hydrogen) atoms. The summed E-state index contributed by atoms with van der Waals surface area (Å²) in [5.74, 6) is 0.119. The van der Waals surface area contributed by atoms with E-state index in [4.69, 9.17) is 4.52 Å². The van der Waals surface area contributed by atoms with Gasteiger partial charge in [0.05, 0.1) is 17.1 Å². The first-order valence-corrected chi connectivity index (χ1v) is 8.06. The predicted molar refractivity (Wildman–Crippen MR) is 94.3 cm³/mol. The molecule has 0 aliphatic heterocycles. The van der Waals surface area contributed by atoms with Crippen LogP contribution in [0.5, 0.6) is 0 Å². The maximum absolute atomic E-state index is 12.8. The summed E-state index contributed by atoms with van der Waals surface area (Å²) in [5, 5.41) is 6.58. The quantitative estimate of drug-likeness (QED) is 0.791. The third kappa shape index (κ3) is 2.77. The van der Waals surface area contributed by atoms with Gasteiger partial charge < -0.3 is 9.84 Å². The van der Waals surface area contributed by atoms with Crippen LogP contribution >= 0.6 is 0 Å². The van der Waals surface area contributed by atoms with Gasteiger partial charge in [-0.1, -0.05) is 30.3 Å². The number of rotatable bonds is 4. The van der Waals surface area contributed by atoms with Crippen LogP contribution in [0.2, 0.25) is 0 Å². The molecule has 0 spiro atoms. The topological polar surface area (TPSA) is 82.1 Å². The van der Waals surface area contributed by atoms with E-state index in [1.54, 1.807) is 25.6 Å². The average Bonchev–Trinajstić information content (AvgIpc) is 3.08. The number of anilines is 1. The third-order valence-corrected chi connectivity index (χ3v) is 4.27. The van der Waals surface area contributed by atoms with Crippen molar-refractivity contribution in [2.75, 3.05) is 5.32 Å². The largest absolute Gasteiger partial charge is 0.360 e. The first-order chi connectivity index (χ1) is 12.0. The molecule has 1 N–H and O–H groups in total. The molecule has 2 heterocycles. The van der Waals surface area contributed by atoms with E-state index in [1.807, 2.05) is 37.3 Å². The molecule has 3 aromatic rings. The van der Waals surface area contributed by atoms with Crippen LogP contribution in [0.25, 0.3) is 5.69 Å². The van der Waals surface area contributed by atoms with Crippen molar-refractivity contribution in [3.63, 3.8) is 0 Å². The summed E-state index contributed by atoms with van der Waals surface area (Å²) in [6, 6.07) is 9.28. The van der Waals surface area contributed by atoms with Crippen molar-refractivity contribution >= 4 is 11.6 Å². The van der Waals surface area contributed by atoms with Crippen LogP contribution < -0.4 is 10.9 Å². The van der Waals surface area contributed by atoms with E-state index < -0.39 is 0 Å². The standard InChI is InChI=1S/C18H20N4O3/c1-5-14-15(11(2)20-25-14)17(23)19-16-12(3)21(4)22(18(16)24)13-9-7-6-8-10-13/h6-10H,5H2,1-4H3,(H,19,23). The van der Waals surface area contributed by atoms with Crippen molar-refractivity contribution < 1.29 is 9.32 Å². The fourth-order valence-electron chi connectivity index (χ4n) is 2.84. The van der Waals surface area contributed by atoms with Crippen molar-refractivity contribution in [2.45, 2.75) is 27.2 Å². The van der Waals surface area contributed by atoms with Crippen LogP contribution in [0.4, 0.5) is 5.69 Å². The molecule has 3 rings (SSSR count). The molecular formula is C18H20N4O3. The summed E-state index contributed by atoms with van der Waals surface area (Å²) in [7, 11) is 1.78. The van der Waals surface area contributed by atoms with Gasteiger partial charge in [-0.05, 0) is 26.0 Å². The van der Waals surface area contributed by atoms with Crippen molar-refractivity contribution in [2.24, 2.45) is 7.05 Å². The molecule has 0 fully saturated rings. The number of hydrogen-bond donors (Lipinski definition) is 1. The number of aryl methyl sites for hydroxylation is 2. The predicted octanol–water partition coefficient (Wildman–Crippen LogP) is 2.60. The monoisotopic (exact) mass is 340 g/mol. The molecule has 0 radical (unpaired) electrons. The molecule has 0 saturated heterocycles. The molecule has 1 amide bonds. The molecule has 7 nitrogen and oxygen atoms in total. The van der Waals surface area contributed by atoms with Crippen LogP contribution in [-0.4, -0.2) is 20.4 Å². The fraction of sp³-hybridized carbons (Fsp3) is 0.278. The lowest BCUT2D eigenvalue weighted by atomic mass is 10.1. The number of carbonyl (C=O) groups is 1. The Kier molecular flexibility index (Phi) is 4.31. The van der Waals surface area contributed by atoms with Gasteiger partial charge in [-0.25, -0.2) is 4.68 Å². The highest BCUT2D eigenvalue weighted by atomic mass is 16.5. The lowest BCUT2D eigenvalue weighted by molar-refractivity contribution is 0.102. The molecule has 130 valence electrons. The van der Waals surface area contributed by atoms with Gasteiger partial charge in [0, 0.05) is 13.5 Å². The summed E-state index contributed by atoms with van der Waals surface area (Å²) in [6.45, 7) is 5.38. The van der Waals surface area contributed by atoms with Crippen molar-refractivity contribution in [3.8, 4) is 5.69 Å². The number of carbonyl (C=O) groups excluding carboxylic acids is 1. The summed E-state index contributed by atoms with van der Waals surface area (Å²) in [5.41, 5.74) is 2.25. The van der Waals surface area contributed by atoms with Crippen LogP contribution in [0.15, 0.2) is 39.6 Å². The first kappa shape index (κ1) is 16.8. The maximum Gasteiger partial charge on any atom is 0.295 e. The van der Waals surface area contributed by atoms with Gasteiger partial charge in [0.2, 0.25) is 0 Å². The summed E-state index contributed by atoms with van der Waals surface area (Å²) in [4.78, 5) is 25.5. The van der Waals surface area contributed by atoms with Crippen LogP contribution in [0.3, 0.4) is 0 Å². The second kappa shape index (κ2) is 6.43. The fourth-order valence-corrected chi connectivity index (χ4v) is 2.84. The number of benzene rings is 1. The highest BCUT2D eigenvalue weighted by Gasteiger charge is 2.23. The van der Waals surface area contributed by atoms with Gasteiger partial charge in [-0.15, -0.1) is 0 Å². The van der Waals surface area contributed by atoms with E-state index in [0.717, 1.165) is 5.69 Å². The Bertz CT molecular complexity index is 980. The smallest absolute Gasteiger partial charge is 0.295 e. The number of amides is 1. The number of nitrogens with one attached hydrogen (secondary N) is 1. The molecule has 1 aromatic carbocycles. The Balaban J connectivity index is 2.03. The Hall–Kier alpha value is -3.09. The Labute approximate surface area is 144 Å². The minimum absolute atomic E-state index is 0.249. The molecule has 0 unspecified atom stereocenters. The molecule has 0 saturated carbocycles. The average molecular weight is 340 g/mol. The first-order valence-electron chi connectivity index (χ1n) is 8.06. The minimum atomic E-state index is -0.387. The van der Waals surface area contributed by atoms with E-state index in [2.05, 4.69) is 10.5 Å². The third-order valence-electron chi connectivity index (χ3n) is 4.27. The minimum Gasteiger partial charge on any atom is -0.360 e. The lowest BCUT2D eigenvalue weighted by Gasteiger charge is -2.07. The number of hydrogen-bond acceptors (Lipinski definition) is 4. The van der Waals surface area contributed by atoms with Gasteiger partial charge >= 0.3 is 0 Å². The Morgan fingerprint density at radius 1 is 1.24 bits per heavy atom. The van der Waals surface area contributed by atoms with E-state index in [0.29, 0.717) is 29.1 Å². The zero-order valence-corrected chi connectivity index (χ0v) is 14.7. The molecular weight excluding hydrogens is 320 g/mol. The summed E-state index contributed by atoms with van der Waals surface area (Å²) < 4.78 is 8.40. The summed E-state index contributed by atoms with van der Waals surface area (Å²) in [6.07, 6.45) is 0.547. The molecule has 2 aromatic heterocycles. The molecule has 7 heteroatoms. The zero-order chi connectivity index (χ0) is 18.1. The van der Waals surface area contributed by atoms with Crippen molar-refractivity contribution in [1.29, 1.82) is 0 Å². The highest BCUT2D eigenvalue weighted by molar-refractivity contribution is 6.05. The van der Waals surface area contributed by atoms with Gasteiger partial charge in [-0.2, -0.15) is 0 Å². The van der Waals surface area contributed by atoms with Crippen molar-refractivity contribution in [1.82, 2.24) is 14.5 Å². The lowest BCUT2D eigenvalue weighted by Crippen LogP contribution is -2.23. The van der Waals surface area contributed by atoms with E-state index in [9.17, 15) is 9.59 Å². The Morgan fingerprint density at radius 3 is 2.56 bits per heavy atom. The van der Waals surface area contributed by atoms with E-state index in [-0.39, 0.29) is 17.2 Å². The number of aromatic nitrogens is 3. The Morgan fingerprint density at radius 2 is 1.92 bits per heavy atom. The molecule has 0 bridgehead atoms. The van der Waals surface area contributed by atoms with Crippen LogP contribution in [0, 0.1) is 13.8 Å². The van der Waals surface area contributed by atoms with Gasteiger partial charge in [0.1, 0.15) is 17.0 Å². The van der Waals surface area contributed by atoms with Crippen molar-refractivity contribution in [3.05, 3.63) is 63.4 Å². The van der Waals surface area contributed by atoms with E-state index in [1.165, 1.54) is 4.68 Å². The normalized spacial score (nSPS) is 10.9. The van der Waals surface area contributed by atoms with Gasteiger partial charge in [0.15, 0.2) is 0 Å². The second-order valence-corrected chi connectivity index (χ2v) is 5.81. The second-order valence-electron chi connectivity index (χ2n) is 5.81. The highest BCUT2D eigenvalue weighted by Crippen LogP contribution is 2.18. The number of para-hydroxylation sites is 1. The SMILES string of the molecule is CCc1onc(C)c1C(=O)Nc1c(C)n(C)n(-c2ccccc2)c1=O.